The lowest BCUT2D eigenvalue weighted by molar-refractivity contribution is 0.523. The largest absolute Gasteiger partial charge is 0.370 e. The average Bonchev–Trinajstić information content (AvgIpc) is 2.89. The number of nitrogens with one attached hydrogen (secondary N) is 1. The highest BCUT2D eigenvalue weighted by Crippen LogP contribution is 2.28. The highest BCUT2D eigenvalue weighted by Gasteiger charge is 2.20. The first kappa shape index (κ1) is 15.1. The molecule has 2 aromatic rings. The normalized spacial score (nSPS) is 17.8. The number of nitrogens with zero attached hydrogens (tertiary/aromatic N) is 1. The first-order valence-electron chi connectivity index (χ1n) is 7.49. The molecule has 1 aliphatic heterocycles. The second-order valence-corrected chi connectivity index (χ2v) is 7.70. The molecule has 1 N–H and O–H groups in total. The summed E-state index contributed by atoms with van der Waals surface area (Å²) in [5.74, 6) is 0.744. The number of benzene rings is 1. The highest BCUT2D eigenvalue weighted by atomic mass is 79.9. The van der Waals surface area contributed by atoms with E-state index >= 15 is 0 Å². The van der Waals surface area contributed by atoms with Crippen molar-refractivity contribution in [2.75, 3.05) is 24.5 Å². The van der Waals surface area contributed by atoms with Crippen molar-refractivity contribution in [3.05, 3.63) is 50.6 Å². The van der Waals surface area contributed by atoms with Crippen molar-refractivity contribution in [2.45, 2.75) is 19.9 Å². The minimum absolute atomic E-state index is 0.744. The number of para-hydroxylation sites is 1. The average molecular weight is 365 g/mol. The van der Waals surface area contributed by atoms with Crippen LogP contribution in [0.1, 0.15) is 17.4 Å². The number of thiophene rings is 1. The van der Waals surface area contributed by atoms with E-state index in [1.807, 2.05) is 0 Å². The third kappa shape index (κ3) is 3.87. The predicted octanol–water partition coefficient (Wildman–Crippen LogP) is 4.30. The van der Waals surface area contributed by atoms with Crippen molar-refractivity contribution in [2.24, 2.45) is 5.92 Å². The van der Waals surface area contributed by atoms with Crippen LogP contribution in [0.5, 0.6) is 0 Å². The monoisotopic (exact) mass is 364 g/mol. The van der Waals surface area contributed by atoms with Crippen LogP contribution in [0.4, 0.5) is 5.69 Å². The molecule has 2 heterocycles. The van der Waals surface area contributed by atoms with Crippen molar-refractivity contribution < 1.29 is 0 Å². The molecular weight excluding hydrogens is 344 g/mol. The molecule has 0 saturated heterocycles. The van der Waals surface area contributed by atoms with E-state index in [2.05, 4.69) is 68.8 Å². The summed E-state index contributed by atoms with van der Waals surface area (Å²) in [5.41, 5.74) is 2.93. The number of anilines is 1. The Bertz CT molecular complexity index is 596. The topological polar surface area (TPSA) is 15.3 Å². The zero-order chi connectivity index (χ0) is 14.7. The molecule has 0 saturated carbocycles. The van der Waals surface area contributed by atoms with Gasteiger partial charge in [0.15, 0.2) is 0 Å². The Kier molecular flexibility index (Phi) is 4.99. The fourth-order valence-corrected chi connectivity index (χ4v) is 4.41. The van der Waals surface area contributed by atoms with Crippen LogP contribution in [0.2, 0.25) is 0 Å². The van der Waals surface area contributed by atoms with Crippen LogP contribution >= 0.6 is 27.3 Å². The zero-order valence-electron chi connectivity index (χ0n) is 12.3. The fraction of sp³-hybridized carbons (Fsp3) is 0.412. The molecule has 1 atom stereocenters. The lowest BCUT2D eigenvalue weighted by Crippen LogP contribution is -2.38. The van der Waals surface area contributed by atoms with Gasteiger partial charge >= 0.3 is 0 Å². The molecule has 2 nitrogen and oxygen atoms in total. The van der Waals surface area contributed by atoms with Crippen LogP contribution < -0.4 is 10.2 Å². The van der Waals surface area contributed by atoms with E-state index in [9.17, 15) is 0 Å². The Morgan fingerprint density at radius 1 is 1.38 bits per heavy atom. The van der Waals surface area contributed by atoms with Gasteiger partial charge in [-0.15, -0.1) is 11.3 Å². The number of rotatable bonds is 5. The van der Waals surface area contributed by atoms with Gasteiger partial charge in [-0.1, -0.05) is 25.1 Å². The molecule has 4 heteroatoms. The lowest BCUT2D eigenvalue weighted by atomic mass is 9.94. The van der Waals surface area contributed by atoms with Crippen molar-refractivity contribution in [3.63, 3.8) is 0 Å². The quantitative estimate of drug-likeness (QED) is 0.795. The van der Waals surface area contributed by atoms with Gasteiger partial charge in [0.2, 0.25) is 0 Å². The number of halogens is 1. The Labute approximate surface area is 139 Å². The summed E-state index contributed by atoms with van der Waals surface area (Å²) in [7, 11) is 0. The molecule has 0 amide bonds. The predicted molar refractivity (Wildman–Crippen MR) is 95.2 cm³/mol. The molecule has 0 aliphatic carbocycles. The lowest BCUT2D eigenvalue weighted by Gasteiger charge is -2.35. The third-order valence-corrected chi connectivity index (χ3v) is 5.61. The third-order valence-electron chi connectivity index (χ3n) is 3.91. The Balaban J connectivity index is 1.53. The molecule has 1 aromatic heterocycles. The van der Waals surface area contributed by atoms with E-state index in [4.69, 9.17) is 0 Å². The van der Waals surface area contributed by atoms with Gasteiger partial charge in [-0.3, -0.25) is 0 Å². The molecule has 1 aliphatic rings. The Morgan fingerprint density at radius 2 is 2.24 bits per heavy atom. The van der Waals surface area contributed by atoms with E-state index < -0.39 is 0 Å². The maximum Gasteiger partial charge on any atom is 0.0399 e. The maximum absolute atomic E-state index is 3.56. The van der Waals surface area contributed by atoms with E-state index in [0.29, 0.717) is 0 Å². The summed E-state index contributed by atoms with van der Waals surface area (Å²) in [6.45, 7) is 6.58. The summed E-state index contributed by atoms with van der Waals surface area (Å²) in [6, 6.07) is 11.0. The molecule has 0 bridgehead atoms. The van der Waals surface area contributed by atoms with E-state index in [0.717, 1.165) is 25.6 Å². The minimum Gasteiger partial charge on any atom is -0.370 e. The number of hydrogen-bond acceptors (Lipinski definition) is 3. The molecule has 21 heavy (non-hydrogen) atoms. The smallest absolute Gasteiger partial charge is 0.0399 e. The van der Waals surface area contributed by atoms with Crippen LogP contribution in [0, 0.1) is 5.92 Å². The van der Waals surface area contributed by atoms with Crippen LogP contribution in [-0.4, -0.2) is 19.6 Å². The van der Waals surface area contributed by atoms with Crippen molar-refractivity contribution in [1.29, 1.82) is 0 Å². The van der Waals surface area contributed by atoms with Gasteiger partial charge in [0, 0.05) is 46.6 Å². The van der Waals surface area contributed by atoms with Crippen molar-refractivity contribution >= 4 is 33.0 Å². The van der Waals surface area contributed by atoms with E-state index in [1.165, 1.54) is 33.6 Å². The Morgan fingerprint density at radius 3 is 3.05 bits per heavy atom. The van der Waals surface area contributed by atoms with Crippen LogP contribution in [0.15, 0.2) is 40.2 Å². The minimum atomic E-state index is 0.744. The van der Waals surface area contributed by atoms with Crippen LogP contribution in [-0.2, 0) is 13.0 Å². The van der Waals surface area contributed by atoms with Gasteiger partial charge in [-0.25, -0.2) is 0 Å². The molecule has 0 spiro atoms. The SMILES string of the molecule is CC1Cc2ccccc2N(CCNCc2cc(Br)cs2)C1. The molecule has 1 aromatic carbocycles. The first-order valence-corrected chi connectivity index (χ1v) is 9.16. The highest BCUT2D eigenvalue weighted by molar-refractivity contribution is 9.10. The molecule has 3 rings (SSSR count). The standard InChI is InChI=1S/C17H21BrN2S/c1-13-8-14-4-2-3-5-17(14)20(11-13)7-6-19-10-16-9-15(18)12-21-16/h2-5,9,12-13,19H,6-8,10-11H2,1H3. The summed E-state index contributed by atoms with van der Waals surface area (Å²) >= 11 is 5.30. The van der Waals surface area contributed by atoms with Gasteiger partial charge in [0.25, 0.3) is 0 Å². The maximum atomic E-state index is 3.56. The van der Waals surface area contributed by atoms with Gasteiger partial charge in [0.05, 0.1) is 0 Å². The molecule has 112 valence electrons. The van der Waals surface area contributed by atoms with E-state index in [1.54, 1.807) is 11.3 Å². The molecule has 0 radical (unpaired) electrons. The van der Waals surface area contributed by atoms with Crippen molar-refractivity contribution in [3.8, 4) is 0 Å². The van der Waals surface area contributed by atoms with Gasteiger partial charge in [-0.2, -0.15) is 0 Å². The second kappa shape index (κ2) is 6.95. The van der Waals surface area contributed by atoms with Crippen LogP contribution in [0.25, 0.3) is 0 Å². The summed E-state index contributed by atoms with van der Waals surface area (Å²) in [6.07, 6.45) is 1.21. The number of hydrogen-bond donors (Lipinski definition) is 1. The van der Waals surface area contributed by atoms with Gasteiger partial charge < -0.3 is 10.2 Å². The summed E-state index contributed by atoms with van der Waals surface area (Å²) in [4.78, 5) is 3.91. The van der Waals surface area contributed by atoms with Gasteiger partial charge in [0.1, 0.15) is 0 Å². The number of fused-ring (bicyclic) bond motifs is 1. The van der Waals surface area contributed by atoms with Crippen LogP contribution in [0.3, 0.4) is 0 Å². The van der Waals surface area contributed by atoms with Gasteiger partial charge in [-0.05, 0) is 46.0 Å². The van der Waals surface area contributed by atoms with Crippen molar-refractivity contribution in [1.82, 2.24) is 5.32 Å². The molecular formula is C17H21BrN2S. The Hall–Kier alpha value is -0.840. The molecule has 0 fully saturated rings. The second-order valence-electron chi connectivity index (χ2n) is 5.79. The van der Waals surface area contributed by atoms with E-state index in [-0.39, 0.29) is 0 Å². The molecule has 1 unspecified atom stereocenters. The fourth-order valence-electron chi connectivity index (χ4n) is 2.99. The summed E-state index contributed by atoms with van der Waals surface area (Å²) in [5, 5.41) is 5.69. The first-order chi connectivity index (χ1) is 10.2. The zero-order valence-corrected chi connectivity index (χ0v) is 14.7. The summed E-state index contributed by atoms with van der Waals surface area (Å²) < 4.78 is 1.18.